The first-order valence-corrected chi connectivity index (χ1v) is 12.8. The summed E-state index contributed by atoms with van der Waals surface area (Å²) in [5.74, 6) is 0.336. The highest BCUT2D eigenvalue weighted by atomic mass is 35.5. The van der Waals surface area contributed by atoms with E-state index in [1.54, 1.807) is 18.1 Å². The molecule has 7 heteroatoms. The molecule has 4 rings (SSSR count). The lowest BCUT2D eigenvalue weighted by molar-refractivity contribution is -0.141. The van der Waals surface area contributed by atoms with Crippen LogP contribution in [0.4, 0.5) is 0 Å². The molecule has 0 aliphatic heterocycles. The van der Waals surface area contributed by atoms with Crippen LogP contribution in [0.2, 0.25) is 5.02 Å². The molecule has 1 N–H and O–H groups in total. The van der Waals surface area contributed by atoms with Gasteiger partial charge in [0.2, 0.25) is 11.8 Å². The fourth-order valence-corrected chi connectivity index (χ4v) is 5.32. The molecule has 1 aliphatic rings. The molecule has 1 fully saturated rings. The Kier molecular flexibility index (Phi) is 8.25. The van der Waals surface area contributed by atoms with E-state index in [-0.39, 0.29) is 30.8 Å². The Morgan fingerprint density at radius 3 is 2.62 bits per heavy atom. The van der Waals surface area contributed by atoms with Gasteiger partial charge in [0, 0.05) is 22.5 Å². The Hall–Kier alpha value is -2.83. The van der Waals surface area contributed by atoms with E-state index in [4.69, 9.17) is 16.3 Å². The number of ether oxygens (including phenoxy) is 1. The topological polar surface area (TPSA) is 58.6 Å². The molecule has 3 aromatic rings. The van der Waals surface area contributed by atoms with Crippen LogP contribution in [-0.2, 0) is 22.6 Å². The van der Waals surface area contributed by atoms with Crippen molar-refractivity contribution >= 4 is 34.8 Å². The Morgan fingerprint density at radius 2 is 1.91 bits per heavy atom. The van der Waals surface area contributed by atoms with Gasteiger partial charge in [-0.2, -0.15) is 0 Å². The van der Waals surface area contributed by atoms with Crippen LogP contribution in [0.3, 0.4) is 0 Å². The highest BCUT2D eigenvalue weighted by Crippen LogP contribution is 2.30. The van der Waals surface area contributed by atoms with E-state index in [1.165, 1.54) is 11.3 Å². The normalized spacial score (nSPS) is 14.5. The van der Waals surface area contributed by atoms with Crippen LogP contribution in [0.5, 0.6) is 5.75 Å². The molecule has 1 aromatic heterocycles. The molecule has 2 aromatic carbocycles. The highest BCUT2D eigenvalue weighted by Gasteiger charge is 2.34. The van der Waals surface area contributed by atoms with E-state index in [1.807, 2.05) is 60.0 Å². The second-order valence-corrected chi connectivity index (χ2v) is 9.98. The van der Waals surface area contributed by atoms with Gasteiger partial charge < -0.3 is 15.0 Å². The summed E-state index contributed by atoms with van der Waals surface area (Å²) in [5.41, 5.74) is 1.51. The summed E-state index contributed by atoms with van der Waals surface area (Å²) in [4.78, 5) is 30.1. The molecular formula is C27H29ClN2O3S. The van der Waals surface area contributed by atoms with E-state index in [9.17, 15) is 9.59 Å². The molecule has 34 heavy (non-hydrogen) atoms. The molecule has 0 spiro atoms. The first-order chi connectivity index (χ1) is 16.5. The Morgan fingerprint density at radius 1 is 1.12 bits per heavy atom. The molecule has 1 atom stereocenters. The van der Waals surface area contributed by atoms with E-state index >= 15 is 0 Å². The van der Waals surface area contributed by atoms with Crippen molar-refractivity contribution in [1.82, 2.24) is 10.2 Å². The third-order valence-corrected chi connectivity index (χ3v) is 7.44. The summed E-state index contributed by atoms with van der Waals surface area (Å²) >= 11 is 8.01. The molecule has 1 heterocycles. The van der Waals surface area contributed by atoms with Gasteiger partial charge in [0.15, 0.2) is 0 Å². The summed E-state index contributed by atoms with van der Waals surface area (Å²) < 4.78 is 5.43. The average Bonchev–Trinajstić information content (AvgIpc) is 3.54. The van der Waals surface area contributed by atoms with Gasteiger partial charge in [0.25, 0.3) is 0 Å². The SMILES string of the molecule is COc1cccc([C@@H](C(=O)NC2CCCC2)N(Cc2ccccc2Cl)C(=O)Cc2cccs2)c1. The molecule has 0 radical (unpaired) electrons. The number of nitrogens with zero attached hydrogens (tertiary/aromatic N) is 1. The first-order valence-electron chi connectivity index (χ1n) is 11.5. The van der Waals surface area contributed by atoms with E-state index < -0.39 is 6.04 Å². The third kappa shape index (κ3) is 5.99. The van der Waals surface area contributed by atoms with Crippen LogP contribution in [0, 0.1) is 0 Å². The number of methoxy groups -OCH3 is 1. The summed E-state index contributed by atoms with van der Waals surface area (Å²) in [6, 6.07) is 18.0. The van der Waals surface area contributed by atoms with Gasteiger partial charge in [-0.05, 0) is 53.6 Å². The van der Waals surface area contributed by atoms with Gasteiger partial charge in [-0.15, -0.1) is 11.3 Å². The van der Waals surface area contributed by atoms with Crippen LogP contribution in [-0.4, -0.2) is 29.9 Å². The van der Waals surface area contributed by atoms with Gasteiger partial charge in [-0.1, -0.05) is 60.8 Å². The molecule has 0 unspecified atom stereocenters. The molecule has 5 nitrogen and oxygen atoms in total. The van der Waals surface area contributed by atoms with Crippen molar-refractivity contribution in [1.29, 1.82) is 0 Å². The van der Waals surface area contributed by atoms with E-state index in [0.29, 0.717) is 16.3 Å². The number of nitrogens with one attached hydrogen (secondary N) is 1. The fraction of sp³-hybridized carbons (Fsp3) is 0.333. The Balaban J connectivity index is 1.73. The van der Waals surface area contributed by atoms with E-state index in [0.717, 1.165) is 36.1 Å². The number of rotatable bonds is 9. The van der Waals surface area contributed by atoms with Crippen molar-refractivity contribution in [2.75, 3.05) is 7.11 Å². The van der Waals surface area contributed by atoms with Crippen LogP contribution >= 0.6 is 22.9 Å². The molecule has 178 valence electrons. The van der Waals surface area contributed by atoms with Crippen LogP contribution < -0.4 is 10.1 Å². The van der Waals surface area contributed by atoms with Gasteiger partial charge in [-0.3, -0.25) is 9.59 Å². The fourth-order valence-electron chi connectivity index (χ4n) is 4.43. The average molecular weight is 497 g/mol. The summed E-state index contributed by atoms with van der Waals surface area (Å²) in [6.45, 7) is 0.226. The van der Waals surface area contributed by atoms with Crippen LogP contribution in [0.1, 0.15) is 47.7 Å². The van der Waals surface area contributed by atoms with Crippen molar-refractivity contribution < 1.29 is 14.3 Å². The van der Waals surface area contributed by atoms with Crippen molar-refractivity contribution in [3.05, 3.63) is 87.1 Å². The number of thiophene rings is 1. The lowest BCUT2D eigenvalue weighted by Crippen LogP contribution is -2.46. The second kappa shape index (κ2) is 11.5. The van der Waals surface area contributed by atoms with Crippen molar-refractivity contribution in [2.45, 2.75) is 50.7 Å². The van der Waals surface area contributed by atoms with Gasteiger partial charge in [-0.25, -0.2) is 0 Å². The third-order valence-electron chi connectivity index (χ3n) is 6.20. The molecule has 0 bridgehead atoms. The maximum absolute atomic E-state index is 13.7. The number of carbonyl (C=O) groups excluding carboxylic acids is 2. The van der Waals surface area contributed by atoms with Gasteiger partial charge in [0.1, 0.15) is 11.8 Å². The number of amides is 2. The maximum Gasteiger partial charge on any atom is 0.247 e. The zero-order valence-corrected chi connectivity index (χ0v) is 20.8. The lowest BCUT2D eigenvalue weighted by Gasteiger charge is -2.33. The second-order valence-electron chi connectivity index (χ2n) is 8.54. The molecular weight excluding hydrogens is 468 g/mol. The zero-order valence-electron chi connectivity index (χ0n) is 19.2. The molecule has 1 saturated carbocycles. The van der Waals surface area contributed by atoms with E-state index in [2.05, 4.69) is 5.32 Å². The van der Waals surface area contributed by atoms with Crippen LogP contribution in [0.25, 0.3) is 0 Å². The largest absolute Gasteiger partial charge is 0.497 e. The highest BCUT2D eigenvalue weighted by molar-refractivity contribution is 7.10. The number of hydrogen-bond donors (Lipinski definition) is 1. The minimum Gasteiger partial charge on any atom is -0.497 e. The standard InChI is InChI=1S/C27H29ClN2O3S/c1-33-22-12-6-9-19(16-22)26(27(32)29-21-10-3-4-11-21)30(18-20-8-2-5-14-24(20)28)25(31)17-23-13-7-15-34-23/h2,5-9,12-16,21,26H,3-4,10-11,17-18H2,1H3,(H,29,32)/t26-/m0/s1. The summed E-state index contributed by atoms with van der Waals surface area (Å²) in [5, 5.41) is 5.72. The first kappa shape index (κ1) is 24.3. The molecule has 1 aliphatic carbocycles. The number of benzene rings is 2. The summed E-state index contributed by atoms with van der Waals surface area (Å²) in [7, 11) is 1.59. The minimum atomic E-state index is -0.806. The van der Waals surface area contributed by atoms with Crippen molar-refractivity contribution in [3.63, 3.8) is 0 Å². The zero-order chi connectivity index (χ0) is 23.9. The lowest BCUT2D eigenvalue weighted by atomic mass is 10.0. The van der Waals surface area contributed by atoms with Gasteiger partial charge >= 0.3 is 0 Å². The predicted octanol–water partition coefficient (Wildman–Crippen LogP) is 5.78. The summed E-state index contributed by atoms with van der Waals surface area (Å²) in [6.07, 6.45) is 4.36. The Bertz CT molecular complexity index is 1110. The van der Waals surface area contributed by atoms with Gasteiger partial charge in [0.05, 0.1) is 13.5 Å². The quantitative estimate of drug-likeness (QED) is 0.408. The van der Waals surface area contributed by atoms with Crippen molar-refractivity contribution in [3.8, 4) is 5.75 Å². The number of carbonyl (C=O) groups is 2. The maximum atomic E-state index is 13.7. The molecule has 2 amide bonds. The number of hydrogen-bond acceptors (Lipinski definition) is 4. The number of halogens is 1. The van der Waals surface area contributed by atoms with Crippen molar-refractivity contribution in [2.24, 2.45) is 0 Å². The predicted molar refractivity (Wildman–Crippen MR) is 136 cm³/mol. The Labute approximate surface area is 209 Å². The monoisotopic (exact) mass is 496 g/mol. The molecule has 0 saturated heterocycles. The smallest absolute Gasteiger partial charge is 0.247 e. The van der Waals surface area contributed by atoms with Crippen LogP contribution in [0.15, 0.2) is 66.0 Å². The minimum absolute atomic E-state index is 0.128.